The zero-order chi connectivity index (χ0) is 18.3. The molecular formula is C14H9F6NO2S. The number of hydrogen-bond donors (Lipinski definition) is 1. The van der Waals surface area contributed by atoms with E-state index in [9.17, 15) is 34.8 Å². The van der Waals surface area contributed by atoms with Gasteiger partial charge in [-0.05, 0) is 41.5 Å². The van der Waals surface area contributed by atoms with Crippen LogP contribution < -0.4 is 5.14 Å². The second-order valence-corrected chi connectivity index (χ2v) is 6.43. The van der Waals surface area contributed by atoms with Crippen LogP contribution in [0.25, 0.3) is 11.1 Å². The summed E-state index contributed by atoms with van der Waals surface area (Å²) in [6, 6.07) is 5.36. The molecule has 3 nitrogen and oxygen atoms in total. The van der Waals surface area contributed by atoms with Gasteiger partial charge in [0.2, 0.25) is 10.0 Å². The fourth-order valence-electron chi connectivity index (χ4n) is 1.97. The molecule has 0 spiro atoms. The molecule has 0 bridgehead atoms. The molecule has 0 unspecified atom stereocenters. The highest BCUT2D eigenvalue weighted by Crippen LogP contribution is 2.38. The largest absolute Gasteiger partial charge is 0.416 e. The molecule has 0 amide bonds. The quantitative estimate of drug-likeness (QED) is 0.813. The summed E-state index contributed by atoms with van der Waals surface area (Å²) in [6.07, 6.45) is -9.98. The van der Waals surface area contributed by atoms with Crippen molar-refractivity contribution in [2.24, 2.45) is 5.14 Å². The third-order valence-corrected chi connectivity index (χ3v) is 3.99. The second-order valence-electron chi connectivity index (χ2n) is 4.87. The number of sulfonamides is 1. The van der Waals surface area contributed by atoms with Crippen LogP contribution in [-0.2, 0) is 22.4 Å². The highest BCUT2D eigenvalue weighted by atomic mass is 32.2. The zero-order valence-corrected chi connectivity index (χ0v) is 12.4. The number of hydrogen-bond acceptors (Lipinski definition) is 2. The van der Waals surface area contributed by atoms with Crippen LogP contribution in [0, 0.1) is 0 Å². The van der Waals surface area contributed by atoms with E-state index in [0.717, 1.165) is 12.1 Å². The Kier molecular flexibility index (Phi) is 4.40. The molecule has 0 saturated heterocycles. The Bertz CT molecular complexity index is 839. The van der Waals surface area contributed by atoms with E-state index < -0.39 is 44.0 Å². The molecule has 0 heterocycles. The summed E-state index contributed by atoms with van der Waals surface area (Å²) in [7, 11) is -4.15. The lowest BCUT2D eigenvalue weighted by Crippen LogP contribution is -2.12. The van der Waals surface area contributed by atoms with Gasteiger partial charge < -0.3 is 0 Å². The molecule has 0 radical (unpaired) electrons. The highest BCUT2D eigenvalue weighted by molar-refractivity contribution is 7.89. The summed E-state index contributed by atoms with van der Waals surface area (Å²) in [5.74, 6) is 0. The lowest BCUT2D eigenvalue weighted by molar-refractivity contribution is -0.143. The molecule has 10 heteroatoms. The van der Waals surface area contributed by atoms with Crippen LogP contribution in [-0.4, -0.2) is 8.42 Å². The Hall–Kier alpha value is -2.07. The molecule has 2 N–H and O–H groups in total. The molecule has 130 valence electrons. The first kappa shape index (κ1) is 18.3. The van der Waals surface area contributed by atoms with E-state index in [-0.39, 0.29) is 11.6 Å². The van der Waals surface area contributed by atoms with Crippen molar-refractivity contribution in [3.8, 4) is 11.1 Å². The average Bonchev–Trinajstić information content (AvgIpc) is 2.44. The molecule has 2 aromatic rings. The van der Waals surface area contributed by atoms with Gasteiger partial charge in [-0.3, -0.25) is 0 Å². The van der Waals surface area contributed by atoms with Crippen LogP contribution in [0.15, 0.2) is 47.4 Å². The van der Waals surface area contributed by atoms with Crippen LogP contribution in [0.2, 0.25) is 0 Å². The van der Waals surface area contributed by atoms with Gasteiger partial charge in [0.15, 0.2) is 0 Å². The predicted molar refractivity (Wildman–Crippen MR) is 73.3 cm³/mol. The van der Waals surface area contributed by atoms with Gasteiger partial charge in [0, 0.05) is 0 Å². The molecule has 0 saturated carbocycles. The molecule has 0 fully saturated rings. The van der Waals surface area contributed by atoms with E-state index in [1.165, 1.54) is 12.1 Å². The van der Waals surface area contributed by atoms with Crippen LogP contribution in [0.3, 0.4) is 0 Å². The maximum absolute atomic E-state index is 12.8. The molecular weight excluding hydrogens is 360 g/mol. The topological polar surface area (TPSA) is 60.2 Å². The van der Waals surface area contributed by atoms with Crippen LogP contribution in [0.4, 0.5) is 26.3 Å². The van der Waals surface area contributed by atoms with Crippen LogP contribution in [0.5, 0.6) is 0 Å². The van der Waals surface area contributed by atoms with E-state index >= 15 is 0 Å². The molecule has 0 aliphatic carbocycles. The van der Waals surface area contributed by atoms with Crippen molar-refractivity contribution in [3.05, 3.63) is 53.6 Å². The van der Waals surface area contributed by atoms with Gasteiger partial charge in [0.1, 0.15) is 0 Å². The first-order valence-corrected chi connectivity index (χ1v) is 7.76. The summed E-state index contributed by atoms with van der Waals surface area (Å²) in [6.45, 7) is 0. The number of primary sulfonamides is 1. The molecule has 24 heavy (non-hydrogen) atoms. The monoisotopic (exact) mass is 369 g/mol. The number of rotatable bonds is 2. The van der Waals surface area contributed by atoms with Crippen molar-refractivity contribution in [1.82, 2.24) is 0 Å². The van der Waals surface area contributed by atoms with Gasteiger partial charge in [-0.1, -0.05) is 12.1 Å². The molecule has 2 aromatic carbocycles. The van der Waals surface area contributed by atoms with Crippen molar-refractivity contribution >= 4 is 10.0 Å². The lowest BCUT2D eigenvalue weighted by atomic mass is 9.99. The van der Waals surface area contributed by atoms with E-state index in [2.05, 4.69) is 0 Å². The maximum Gasteiger partial charge on any atom is 0.416 e. The Morgan fingerprint density at radius 2 is 1.25 bits per heavy atom. The van der Waals surface area contributed by atoms with Crippen molar-refractivity contribution in [2.45, 2.75) is 17.2 Å². The smallest absolute Gasteiger partial charge is 0.225 e. The fourth-order valence-corrected chi connectivity index (χ4v) is 2.53. The van der Waals surface area contributed by atoms with Gasteiger partial charge in [-0.2, -0.15) is 26.3 Å². The number of halogens is 6. The summed E-state index contributed by atoms with van der Waals surface area (Å²) in [5, 5.41) is 4.91. The van der Waals surface area contributed by atoms with Crippen molar-refractivity contribution in [3.63, 3.8) is 0 Å². The van der Waals surface area contributed by atoms with Gasteiger partial charge >= 0.3 is 12.4 Å². The van der Waals surface area contributed by atoms with Crippen molar-refractivity contribution in [2.75, 3.05) is 0 Å². The molecule has 0 aliphatic rings. The predicted octanol–water partition coefficient (Wildman–Crippen LogP) is 4.04. The highest BCUT2D eigenvalue weighted by Gasteiger charge is 2.37. The summed E-state index contributed by atoms with van der Waals surface area (Å²) < 4.78 is 99.6. The first-order chi connectivity index (χ1) is 10.8. The number of benzene rings is 2. The van der Waals surface area contributed by atoms with E-state index in [4.69, 9.17) is 5.14 Å². The Morgan fingerprint density at radius 3 is 1.67 bits per heavy atom. The standard InChI is InChI=1S/C14H9F6NO2S/c15-13(16,17)10-4-9(5-11(7-10)14(18,19)20)8-2-1-3-12(6-8)24(21,22)23/h1-7H,(H2,21,22,23). The molecule has 0 aliphatic heterocycles. The van der Waals surface area contributed by atoms with Gasteiger partial charge in [0.05, 0.1) is 16.0 Å². The lowest BCUT2D eigenvalue weighted by Gasteiger charge is -2.14. The fraction of sp³-hybridized carbons (Fsp3) is 0.143. The minimum absolute atomic E-state index is 0.00692. The molecule has 0 atom stereocenters. The van der Waals surface area contributed by atoms with Gasteiger partial charge in [0.25, 0.3) is 0 Å². The van der Waals surface area contributed by atoms with E-state index in [1.807, 2.05) is 0 Å². The minimum atomic E-state index is -4.99. The molecule has 2 rings (SSSR count). The average molecular weight is 369 g/mol. The number of alkyl halides is 6. The molecule has 0 aromatic heterocycles. The van der Waals surface area contributed by atoms with Gasteiger partial charge in [-0.15, -0.1) is 0 Å². The third-order valence-electron chi connectivity index (χ3n) is 3.08. The minimum Gasteiger partial charge on any atom is -0.225 e. The zero-order valence-electron chi connectivity index (χ0n) is 11.6. The number of nitrogens with two attached hydrogens (primary N) is 1. The SMILES string of the molecule is NS(=O)(=O)c1cccc(-c2cc(C(F)(F)F)cc(C(F)(F)F)c2)c1. The Labute approximate surface area is 132 Å². The van der Waals surface area contributed by atoms with Crippen molar-refractivity contribution in [1.29, 1.82) is 0 Å². The summed E-state index contributed by atoms with van der Waals surface area (Å²) in [5.41, 5.74) is -3.55. The van der Waals surface area contributed by atoms with Crippen LogP contribution >= 0.6 is 0 Å². The summed E-state index contributed by atoms with van der Waals surface area (Å²) in [4.78, 5) is -0.425. The third kappa shape index (κ3) is 4.06. The van der Waals surface area contributed by atoms with E-state index in [0.29, 0.717) is 12.1 Å². The van der Waals surface area contributed by atoms with Gasteiger partial charge in [-0.25, -0.2) is 13.6 Å². The normalized spacial score (nSPS) is 13.1. The van der Waals surface area contributed by atoms with E-state index in [1.54, 1.807) is 0 Å². The van der Waals surface area contributed by atoms with Crippen molar-refractivity contribution < 1.29 is 34.8 Å². The Balaban J connectivity index is 2.71. The maximum atomic E-state index is 12.8. The van der Waals surface area contributed by atoms with Crippen LogP contribution in [0.1, 0.15) is 11.1 Å². The Morgan fingerprint density at radius 1 is 0.750 bits per heavy atom. The first-order valence-electron chi connectivity index (χ1n) is 6.21. The second kappa shape index (κ2) is 5.78. The summed E-state index contributed by atoms with van der Waals surface area (Å²) >= 11 is 0.